The molecule has 2 rings (SSSR count). The lowest BCUT2D eigenvalue weighted by atomic mass is 9.80. The van der Waals surface area contributed by atoms with Gasteiger partial charge in [0.2, 0.25) is 0 Å². The Bertz CT molecular complexity index is 441. The van der Waals surface area contributed by atoms with Gasteiger partial charge >= 0.3 is 0 Å². The molecule has 1 heterocycles. The third-order valence-electron chi connectivity index (χ3n) is 3.76. The van der Waals surface area contributed by atoms with Gasteiger partial charge in [-0.25, -0.2) is 4.39 Å². The second kappa shape index (κ2) is 6.98. The maximum atomic E-state index is 13.0. The topological polar surface area (TPSA) is 42.0 Å². The molecule has 3 nitrogen and oxygen atoms in total. The Morgan fingerprint density at radius 2 is 2.11 bits per heavy atom. The van der Waals surface area contributed by atoms with Gasteiger partial charge in [-0.1, -0.05) is 28.8 Å². The van der Waals surface area contributed by atoms with Crippen LogP contribution in [0, 0.1) is 17.7 Å². The number of nitrogens with zero attached hydrogens (tertiary/aromatic N) is 1. The second-order valence-electron chi connectivity index (χ2n) is 5.06. The Labute approximate surface area is 121 Å². The Kier molecular flexibility index (Phi) is 5.31. The van der Waals surface area contributed by atoms with Crippen molar-refractivity contribution in [2.75, 3.05) is 11.9 Å². The predicted molar refractivity (Wildman–Crippen MR) is 75.8 cm³/mol. The highest BCUT2D eigenvalue weighted by atomic mass is 79.9. The van der Waals surface area contributed by atoms with Crippen molar-refractivity contribution in [1.82, 2.24) is 10.3 Å². The van der Waals surface area contributed by atoms with Crippen molar-refractivity contribution in [2.45, 2.75) is 25.7 Å². The summed E-state index contributed by atoms with van der Waals surface area (Å²) >= 11 is 3.54. The highest BCUT2D eigenvalue weighted by molar-refractivity contribution is 9.09. The number of halogens is 2. The van der Waals surface area contributed by atoms with E-state index in [-0.39, 0.29) is 11.5 Å². The third-order valence-corrected chi connectivity index (χ3v) is 4.59. The molecule has 2 unspecified atom stereocenters. The van der Waals surface area contributed by atoms with E-state index in [0.29, 0.717) is 18.4 Å². The quantitative estimate of drug-likeness (QED) is 0.862. The number of aromatic nitrogens is 1. The van der Waals surface area contributed by atoms with Crippen LogP contribution in [0.1, 0.15) is 36.0 Å². The van der Waals surface area contributed by atoms with Crippen LogP contribution < -0.4 is 5.32 Å². The van der Waals surface area contributed by atoms with Crippen LogP contribution in [0.25, 0.3) is 0 Å². The van der Waals surface area contributed by atoms with Crippen LogP contribution in [-0.2, 0) is 0 Å². The van der Waals surface area contributed by atoms with Crippen molar-refractivity contribution in [3.05, 3.63) is 29.8 Å². The molecule has 1 aliphatic carbocycles. The van der Waals surface area contributed by atoms with Gasteiger partial charge in [-0.2, -0.15) is 0 Å². The molecule has 1 N–H and O–H groups in total. The molecule has 19 heavy (non-hydrogen) atoms. The fraction of sp³-hybridized carbons (Fsp3) is 0.571. The van der Waals surface area contributed by atoms with E-state index in [1.54, 1.807) is 0 Å². The van der Waals surface area contributed by atoms with Gasteiger partial charge in [-0.15, -0.1) is 0 Å². The largest absolute Gasteiger partial charge is 0.352 e. The van der Waals surface area contributed by atoms with Gasteiger partial charge < -0.3 is 5.32 Å². The van der Waals surface area contributed by atoms with E-state index < -0.39 is 5.82 Å². The summed E-state index contributed by atoms with van der Waals surface area (Å²) in [5.41, 5.74) is 0.284. The fourth-order valence-electron chi connectivity index (χ4n) is 2.62. The number of amides is 1. The van der Waals surface area contributed by atoms with E-state index >= 15 is 0 Å². The van der Waals surface area contributed by atoms with Crippen LogP contribution in [0.5, 0.6) is 0 Å². The first-order valence-corrected chi connectivity index (χ1v) is 7.77. The summed E-state index contributed by atoms with van der Waals surface area (Å²) in [6.07, 6.45) is 7.35. The lowest BCUT2D eigenvalue weighted by molar-refractivity contribution is 0.0936. The van der Waals surface area contributed by atoms with Crippen LogP contribution >= 0.6 is 15.9 Å². The monoisotopic (exact) mass is 328 g/mol. The first-order valence-electron chi connectivity index (χ1n) is 6.65. The van der Waals surface area contributed by atoms with Crippen LogP contribution in [0.2, 0.25) is 0 Å². The van der Waals surface area contributed by atoms with E-state index in [9.17, 15) is 9.18 Å². The zero-order valence-electron chi connectivity index (χ0n) is 10.7. The molecule has 0 aliphatic heterocycles. The molecule has 5 heteroatoms. The highest BCUT2D eigenvalue weighted by Gasteiger charge is 2.24. The van der Waals surface area contributed by atoms with Crippen LogP contribution in [0.3, 0.4) is 0 Å². The number of alkyl halides is 1. The number of hydrogen-bond donors (Lipinski definition) is 1. The summed E-state index contributed by atoms with van der Waals surface area (Å²) in [7, 11) is 0. The molecule has 1 aromatic rings. The summed E-state index contributed by atoms with van der Waals surface area (Å²) in [6, 6.07) is 1.21. The minimum atomic E-state index is -0.483. The minimum absolute atomic E-state index is 0.245. The molecule has 0 bridgehead atoms. The molecule has 0 saturated heterocycles. The van der Waals surface area contributed by atoms with Gasteiger partial charge in [-0.3, -0.25) is 9.78 Å². The molecule has 1 amide bonds. The van der Waals surface area contributed by atoms with Crippen molar-refractivity contribution >= 4 is 21.8 Å². The summed E-state index contributed by atoms with van der Waals surface area (Å²) in [4.78, 5) is 15.6. The average molecular weight is 329 g/mol. The van der Waals surface area contributed by atoms with Gasteiger partial charge in [0.25, 0.3) is 5.91 Å². The standard InChI is InChI=1S/C14H18BrFN2O/c15-6-10-3-1-2-4-11(10)8-18-14(19)12-5-13(16)9-17-7-12/h5,7,9-11H,1-4,6,8H2,(H,18,19). The van der Waals surface area contributed by atoms with Crippen molar-refractivity contribution in [3.63, 3.8) is 0 Å². The number of hydrogen-bond acceptors (Lipinski definition) is 2. The Morgan fingerprint density at radius 3 is 2.79 bits per heavy atom. The second-order valence-corrected chi connectivity index (χ2v) is 5.71. The lowest BCUT2D eigenvalue weighted by Gasteiger charge is -2.30. The number of nitrogens with one attached hydrogen (secondary N) is 1. The minimum Gasteiger partial charge on any atom is -0.352 e. The van der Waals surface area contributed by atoms with Crippen molar-refractivity contribution in [2.24, 2.45) is 11.8 Å². The molecular formula is C14H18BrFN2O. The first kappa shape index (κ1) is 14.4. The van der Waals surface area contributed by atoms with Gasteiger partial charge in [0.15, 0.2) is 0 Å². The molecular weight excluding hydrogens is 311 g/mol. The Balaban J connectivity index is 1.89. The molecule has 0 aromatic carbocycles. The lowest BCUT2D eigenvalue weighted by Crippen LogP contribution is -2.34. The maximum absolute atomic E-state index is 13.0. The van der Waals surface area contributed by atoms with Gasteiger partial charge in [0, 0.05) is 18.1 Å². The number of rotatable bonds is 4. The smallest absolute Gasteiger partial charge is 0.252 e. The van der Waals surface area contributed by atoms with E-state index in [1.165, 1.54) is 31.5 Å². The normalized spacial score (nSPS) is 23.1. The third kappa shape index (κ3) is 4.00. The molecule has 0 spiro atoms. The highest BCUT2D eigenvalue weighted by Crippen LogP contribution is 2.30. The number of carbonyl (C=O) groups is 1. The van der Waals surface area contributed by atoms with E-state index in [4.69, 9.17) is 0 Å². The van der Waals surface area contributed by atoms with Crippen molar-refractivity contribution < 1.29 is 9.18 Å². The molecule has 104 valence electrons. The average Bonchev–Trinajstić information content (AvgIpc) is 2.45. The summed E-state index contributed by atoms with van der Waals surface area (Å²) in [5.74, 6) is 0.410. The first-order chi connectivity index (χ1) is 9.20. The summed E-state index contributed by atoms with van der Waals surface area (Å²) < 4.78 is 13.0. The van der Waals surface area contributed by atoms with E-state index in [0.717, 1.165) is 17.9 Å². The van der Waals surface area contributed by atoms with Crippen LogP contribution in [0.15, 0.2) is 18.5 Å². The summed E-state index contributed by atoms with van der Waals surface area (Å²) in [5, 5.41) is 3.87. The van der Waals surface area contributed by atoms with Gasteiger partial charge in [0.1, 0.15) is 5.82 Å². The van der Waals surface area contributed by atoms with Crippen LogP contribution in [-0.4, -0.2) is 22.8 Å². The zero-order chi connectivity index (χ0) is 13.7. The van der Waals surface area contributed by atoms with E-state index in [1.807, 2.05) is 0 Å². The number of pyridine rings is 1. The van der Waals surface area contributed by atoms with Crippen molar-refractivity contribution in [1.29, 1.82) is 0 Å². The molecule has 1 aromatic heterocycles. The molecule has 1 saturated carbocycles. The molecule has 1 fully saturated rings. The molecule has 2 atom stereocenters. The summed E-state index contributed by atoms with van der Waals surface area (Å²) in [6.45, 7) is 0.658. The number of carbonyl (C=O) groups excluding carboxylic acids is 1. The molecule has 1 aliphatic rings. The SMILES string of the molecule is O=C(NCC1CCCCC1CBr)c1cncc(F)c1. The Morgan fingerprint density at radius 1 is 1.37 bits per heavy atom. The van der Waals surface area contributed by atoms with Gasteiger partial charge in [0.05, 0.1) is 11.8 Å². The maximum Gasteiger partial charge on any atom is 0.252 e. The zero-order valence-corrected chi connectivity index (χ0v) is 12.3. The fourth-order valence-corrected chi connectivity index (χ4v) is 3.47. The van der Waals surface area contributed by atoms with Crippen LogP contribution in [0.4, 0.5) is 4.39 Å². The predicted octanol–water partition coefficient (Wildman–Crippen LogP) is 3.15. The van der Waals surface area contributed by atoms with Gasteiger partial charge in [-0.05, 0) is 30.7 Å². The van der Waals surface area contributed by atoms with E-state index in [2.05, 4.69) is 26.2 Å². The molecule has 0 radical (unpaired) electrons. The Hall–Kier alpha value is -0.970. The van der Waals surface area contributed by atoms with Crippen molar-refractivity contribution in [3.8, 4) is 0 Å².